The van der Waals surface area contributed by atoms with Crippen LogP contribution >= 0.6 is 23.2 Å². The van der Waals surface area contributed by atoms with Crippen LogP contribution in [0, 0.1) is 0 Å². The molecule has 0 saturated carbocycles. The van der Waals surface area contributed by atoms with Gasteiger partial charge in [-0.05, 0) is 43.3 Å². The lowest BCUT2D eigenvalue weighted by Gasteiger charge is -2.02. The standard InChI is InChI=1S/C22H18Cl2N6O2/c1-3-5-14(11-25-12-31-2)26-22-30-29-21(32-22)13-8-9-17-18(10-13)28-20(27-17)19-15(23)6-4-7-16(19)24/h3-12H,1-2H3,(H,26,30)(H,27,28)/b5-3-,14-11+,25-12?. The lowest BCUT2D eigenvalue weighted by Crippen LogP contribution is -1.96. The van der Waals surface area contributed by atoms with Crippen molar-refractivity contribution in [2.45, 2.75) is 6.92 Å². The predicted molar refractivity (Wildman–Crippen MR) is 127 cm³/mol. The number of aliphatic imine (C=N–C) groups is 1. The Bertz CT molecular complexity index is 1320. The number of nitrogens with zero attached hydrogens (tertiary/aromatic N) is 4. The summed E-state index contributed by atoms with van der Waals surface area (Å²) < 4.78 is 10.6. The molecule has 4 rings (SSSR count). The minimum Gasteiger partial charge on any atom is -0.486 e. The Kier molecular flexibility index (Phi) is 6.53. The second-order valence-electron chi connectivity index (χ2n) is 6.53. The number of methoxy groups -OCH3 is 1. The number of halogens is 2. The first-order chi connectivity index (χ1) is 15.6. The van der Waals surface area contributed by atoms with E-state index in [1.807, 2.05) is 37.3 Å². The number of benzene rings is 2. The van der Waals surface area contributed by atoms with Crippen LogP contribution in [0.3, 0.4) is 0 Å². The van der Waals surface area contributed by atoms with Gasteiger partial charge in [0, 0.05) is 5.56 Å². The normalized spacial score (nSPS) is 12.3. The molecule has 0 saturated heterocycles. The number of H-pyrrole nitrogens is 1. The maximum atomic E-state index is 6.32. The van der Waals surface area contributed by atoms with E-state index in [1.54, 1.807) is 24.4 Å². The van der Waals surface area contributed by atoms with Gasteiger partial charge in [-0.3, -0.25) is 0 Å². The molecule has 10 heteroatoms. The molecule has 8 nitrogen and oxygen atoms in total. The van der Waals surface area contributed by atoms with Crippen LogP contribution in [0.25, 0.3) is 33.9 Å². The molecule has 2 aromatic heterocycles. The quantitative estimate of drug-likeness (QED) is 0.193. The van der Waals surface area contributed by atoms with Gasteiger partial charge in [0.25, 0.3) is 0 Å². The average molecular weight is 469 g/mol. The molecular formula is C22H18Cl2N6O2. The fourth-order valence-corrected chi connectivity index (χ4v) is 3.54. The molecule has 162 valence electrons. The third kappa shape index (κ3) is 4.66. The van der Waals surface area contributed by atoms with Gasteiger partial charge in [-0.15, -0.1) is 5.10 Å². The second-order valence-corrected chi connectivity index (χ2v) is 7.34. The lowest BCUT2D eigenvalue weighted by molar-refractivity contribution is 0.423. The Morgan fingerprint density at radius 3 is 2.75 bits per heavy atom. The third-order valence-electron chi connectivity index (χ3n) is 4.33. The molecule has 0 atom stereocenters. The van der Waals surface area contributed by atoms with Crippen molar-refractivity contribution < 1.29 is 9.15 Å². The van der Waals surface area contributed by atoms with Crippen molar-refractivity contribution in [1.29, 1.82) is 0 Å². The zero-order chi connectivity index (χ0) is 22.5. The first kappa shape index (κ1) is 21.6. The first-order valence-corrected chi connectivity index (χ1v) is 10.3. The number of hydrogen-bond donors (Lipinski definition) is 2. The van der Waals surface area contributed by atoms with Crippen LogP contribution in [-0.2, 0) is 4.74 Å². The molecule has 2 heterocycles. The summed E-state index contributed by atoms with van der Waals surface area (Å²) >= 11 is 12.6. The summed E-state index contributed by atoms with van der Waals surface area (Å²) in [7, 11) is 1.52. The Labute approximate surface area is 193 Å². The number of imidazole rings is 1. The largest absolute Gasteiger partial charge is 0.486 e. The zero-order valence-electron chi connectivity index (χ0n) is 17.1. The summed E-state index contributed by atoms with van der Waals surface area (Å²) in [5.41, 5.74) is 3.57. The molecule has 0 unspecified atom stereocenters. The van der Waals surface area contributed by atoms with Crippen molar-refractivity contribution in [3.05, 3.63) is 70.5 Å². The first-order valence-electron chi connectivity index (χ1n) is 9.51. The van der Waals surface area contributed by atoms with Crippen molar-refractivity contribution in [2.75, 3.05) is 12.4 Å². The van der Waals surface area contributed by atoms with Crippen LogP contribution in [-0.4, -0.2) is 33.7 Å². The van der Waals surface area contributed by atoms with E-state index in [9.17, 15) is 0 Å². The van der Waals surface area contributed by atoms with Crippen LogP contribution in [0.1, 0.15) is 6.92 Å². The van der Waals surface area contributed by atoms with E-state index in [-0.39, 0.29) is 6.01 Å². The molecule has 4 aromatic rings. The summed E-state index contributed by atoms with van der Waals surface area (Å²) in [6.45, 7) is 1.89. The van der Waals surface area contributed by atoms with Crippen LogP contribution in [0.15, 0.2) is 69.9 Å². The number of nitrogens with one attached hydrogen (secondary N) is 2. The Hall–Kier alpha value is -3.62. The van der Waals surface area contributed by atoms with E-state index in [0.29, 0.717) is 33.0 Å². The molecule has 0 aliphatic heterocycles. The zero-order valence-corrected chi connectivity index (χ0v) is 18.6. The number of aromatic amines is 1. The van der Waals surface area contributed by atoms with Crippen molar-refractivity contribution >= 4 is 46.7 Å². The van der Waals surface area contributed by atoms with Gasteiger partial charge in [0.15, 0.2) is 6.40 Å². The molecule has 0 radical (unpaired) electrons. The number of rotatable bonds is 7. The molecule has 0 bridgehead atoms. The van der Waals surface area contributed by atoms with Gasteiger partial charge in [0.2, 0.25) is 5.89 Å². The van der Waals surface area contributed by atoms with Gasteiger partial charge in [-0.25, -0.2) is 9.98 Å². The highest BCUT2D eigenvalue weighted by Gasteiger charge is 2.15. The van der Waals surface area contributed by atoms with E-state index in [1.165, 1.54) is 13.5 Å². The maximum absolute atomic E-state index is 6.32. The molecule has 0 fully saturated rings. The SMILES string of the molecule is C/C=C\C(=C/N=COC)Nc1nnc(-c2ccc3nc(-c4c(Cl)cccc4Cl)[nH]c3c2)o1. The van der Waals surface area contributed by atoms with Crippen molar-refractivity contribution in [2.24, 2.45) is 4.99 Å². The van der Waals surface area contributed by atoms with Crippen molar-refractivity contribution in [3.8, 4) is 22.8 Å². The lowest BCUT2D eigenvalue weighted by atomic mass is 10.2. The van der Waals surface area contributed by atoms with Crippen molar-refractivity contribution in [1.82, 2.24) is 20.2 Å². The molecule has 2 N–H and O–H groups in total. The van der Waals surface area contributed by atoms with Gasteiger partial charge < -0.3 is 19.5 Å². The summed E-state index contributed by atoms with van der Waals surface area (Å²) in [5.74, 6) is 0.930. The van der Waals surface area contributed by atoms with Gasteiger partial charge >= 0.3 is 6.01 Å². The molecule has 0 spiro atoms. The average Bonchev–Trinajstić information content (AvgIpc) is 3.40. The number of allylic oxidation sites excluding steroid dienone is 2. The smallest absolute Gasteiger partial charge is 0.320 e. The fourth-order valence-electron chi connectivity index (χ4n) is 2.97. The van der Waals surface area contributed by atoms with Crippen LogP contribution in [0.5, 0.6) is 0 Å². The Morgan fingerprint density at radius 1 is 1.19 bits per heavy atom. The van der Waals surface area contributed by atoms with Gasteiger partial charge in [-0.1, -0.05) is 40.4 Å². The van der Waals surface area contributed by atoms with Crippen LogP contribution < -0.4 is 5.32 Å². The second kappa shape index (κ2) is 9.67. The van der Waals surface area contributed by atoms with Crippen LogP contribution in [0.2, 0.25) is 10.0 Å². The summed E-state index contributed by atoms with van der Waals surface area (Å²) in [5, 5.41) is 12.2. The highest BCUT2D eigenvalue weighted by Crippen LogP contribution is 2.34. The monoisotopic (exact) mass is 468 g/mol. The van der Waals surface area contributed by atoms with E-state index in [0.717, 1.165) is 16.6 Å². The molecular weight excluding hydrogens is 451 g/mol. The number of fused-ring (bicyclic) bond motifs is 1. The number of hydrogen-bond acceptors (Lipinski definition) is 7. The van der Waals surface area contributed by atoms with Gasteiger partial charge in [0.1, 0.15) is 5.82 Å². The van der Waals surface area contributed by atoms with Crippen LogP contribution in [0.4, 0.5) is 6.01 Å². The fraction of sp³-hybridized carbons (Fsp3) is 0.0909. The number of anilines is 1. The summed E-state index contributed by atoms with van der Waals surface area (Å²) in [4.78, 5) is 11.9. The molecule has 32 heavy (non-hydrogen) atoms. The summed E-state index contributed by atoms with van der Waals surface area (Å²) in [6.07, 6.45) is 6.56. The molecule has 2 aromatic carbocycles. The number of aromatic nitrogens is 4. The van der Waals surface area contributed by atoms with E-state index >= 15 is 0 Å². The molecule has 0 aliphatic carbocycles. The molecule has 0 aliphatic rings. The van der Waals surface area contributed by atoms with Crippen molar-refractivity contribution in [3.63, 3.8) is 0 Å². The van der Waals surface area contributed by atoms with E-state index in [4.69, 9.17) is 32.4 Å². The third-order valence-corrected chi connectivity index (χ3v) is 4.96. The number of ether oxygens (including phenoxy) is 1. The van der Waals surface area contributed by atoms with E-state index in [2.05, 4.69) is 30.5 Å². The highest BCUT2D eigenvalue weighted by molar-refractivity contribution is 6.39. The highest BCUT2D eigenvalue weighted by atomic mass is 35.5. The van der Waals surface area contributed by atoms with Gasteiger partial charge in [0.05, 0.1) is 45.6 Å². The minimum absolute atomic E-state index is 0.227. The molecule has 0 amide bonds. The topological polar surface area (TPSA) is 101 Å². The minimum atomic E-state index is 0.227. The maximum Gasteiger partial charge on any atom is 0.320 e. The van der Waals surface area contributed by atoms with Gasteiger partial charge in [-0.2, -0.15) is 0 Å². The Morgan fingerprint density at radius 2 is 2.00 bits per heavy atom. The Balaban J connectivity index is 1.62. The predicted octanol–water partition coefficient (Wildman–Crippen LogP) is 6.09. The summed E-state index contributed by atoms with van der Waals surface area (Å²) in [6, 6.07) is 11.1. The van der Waals surface area contributed by atoms with E-state index < -0.39 is 0 Å².